The van der Waals surface area contributed by atoms with E-state index in [1.807, 2.05) is 12.1 Å². The Morgan fingerprint density at radius 2 is 1.09 bits per heavy atom. The number of para-hydroxylation sites is 1. The maximum atomic E-state index is 6.75. The van der Waals surface area contributed by atoms with Crippen LogP contribution in [-0.2, 0) is 0 Å². The summed E-state index contributed by atoms with van der Waals surface area (Å²) in [6.07, 6.45) is 9.81. The number of allylic oxidation sites excluding steroid dienone is 4. The van der Waals surface area contributed by atoms with Crippen molar-refractivity contribution in [3.8, 4) is 45.3 Å². The first kappa shape index (κ1) is 31.4. The van der Waals surface area contributed by atoms with Crippen LogP contribution in [0, 0.1) is 0 Å². The van der Waals surface area contributed by atoms with E-state index in [9.17, 15) is 0 Å². The molecule has 0 bridgehead atoms. The molecule has 0 amide bonds. The highest BCUT2D eigenvalue weighted by Gasteiger charge is 2.22. The molecule has 0 N–H and O–H groups in total. The molecule has 11 rings (SSSR count). The van der Waals surface area contributed by atoms with E-state index in [2.05, 4.69) is 170 Å². The summed E-state index contributed by atoms with van der Waals surface area (Å²) in [7, 11) is 0. The van der Waals surface area contributed by atoms with Crippen molar-refractivity contribution in [1.29, 1.82) is 0 Å². The summed E-state index contributed by atoms with van der Waals surface area (Å²) < 4.78 is 6.75. The fraction of sp³-hybridized carbons (Fsp3) is 0.0392. The maximum absolute atomic E-state index is 6.75. The topological polar surface area (TPSA) is 51.8 Å². The number of furan rings is 1. The first-order chi connectivity index (χ1) is 27.2. The summed E-state index contributed by atoms with van der Waals surface area (Å²) in [6.45, 7) is 0. The minimum atomic E-state index is 0.396. The Balaban J connectivity index is 1.13. The zero-order chi connectivity index (χ0) is 36.3. The lowest BCUT2D eigenvalue weighted by Gasteiger charge is -2.15. The first-order valence-corrected chi connectivity index (χ1v) is 18.8. The third kappa shape index (κ3) is 5.42. The number of hydrogen-bond acceptors (Lipinski definition) is 4. The average Bonchev–Trinajstić information content (AvgIpc) is 3.65. The third-order valence-electron chi connectivity index (χ3n) is 11.0. The molecule has 0 fully saturated rings. The smallest absolute Gasteiger partial charge is 0.164 e. The van der Waals surface area contributed by atoms with Gasteiger partial charge in [0, 0.05) is 38.9 Å². The minimum absolute atomic E-state index is 0.396. The molecule has 8 aromatic carbocycles. The summed E-state index contributed by atoms with van der Waals surface area (Å²) in [5.74, 6) is 2.24. The van der Waals surface area contributed by atoms with Crippen LogP contribution in [0.1, 0.15) is 17.9 Å². The standard InChI is InChI=1S/C51H33N3O/c1-2-11-32(12-3-1)36-22-23-38-31-40(26-24-37(38)29-36)50-52-49(39-25-21-33-13-4-5-15-35(33)30-39)53-51(54-50)45-28-27-43(42-19-10-16-34-14-6-7-17-41(34)42)48-47(45)44-18-8-9-20-46(44)55-48/h1-11,13-32H,12H2. The molecule has 1 unspecified atom stereocenters. The minimum Gasteiger partial charge on any atom is -0.455 e. The molecule has 0 spiro atoms. The van der Waals surface area contributed by atoms with E-state index in [1.54, 1.807) is 0 Å². The molecule has 0 saturated heterocycles. The van der Waals surface area contributed by atoms with Gasteiger partial charge in [0.15, 0.2) is 17.5 Å². The zero-order valence-corrected chi connectivity index (χ0v) is 29.9. The normalized spacial score (nSPS) is 14.1. The largest absolute Gasteiger partial charge is 0.455 e. The van der Waals surface area contributed by atoms with E-state index in [0.717, 1.165) is 66.9 Å². The second-order valence-corrected chi connectivity index (χ2v) is 14.3. The van der Waals surface area contributed by atoms with Crippen molar-refractivity contribution in [3.05, 3.63) is 188 Å². The van der Waals surface area contributed by atoms with E-state index in [-0.39, 0.29) is 0 Å². The predicted molar refractivity (Wildman–Crippen MR) is 227 cm³/mol. The number of nitrogens with zero attached hydrogens (tertiary/aromatic N) is 3. The lowest BCUT2D eigenvalue weighted by molar-refractivity contribution is 0.670. The van der Waals surface area contributed by atoms with Crippen molar-refractivity contribution in [3.63, 3.8) is 0 Å². The molecule has 2 heterocycles. The number of fused-ring (bicyclic) bond motifs is 6. The Labute approximate surface area is 317 Å². The first-order valence-electron chi connectivity index (χ1n) is 18.8. The van der Waals surface area contributed by atoms with Gasteiger partial charge in [0.05, 0.1) is 0 Å². The molecular formula is C51H33N3O. The third-order valence-corrected chi connectivity index (χ3v) is 11.0. The van der Waals surface area contributed by atoms with Gasteiger partial charge in [-0.15, -0.1) is 0 Å². The summed E-state index contributed by atoms with van der Waals surface area (Å²) >= 11 is 0. The van der Waals surface area contributed by atoms with Crippen molar-refractivity contribution in [2.75, 3.05) is 0 Å². The van der Waals surface area contributed by atoms with Crippen molar-refractivity contribution >= 4 is 54.3 Å². The molecule has 55 heavy (non-hydrogen) atoms. The highest BCUT2D eigenvalue weighted by Crippen LogP contribution is 2.43. The van der Waals surface area contributed by atoms with E-state index in [0.29, 0.717) is 23.4 Å². The van der Waals surface area contributed by atoms with Crippen molar-refractivity contribution in [2.45, 2.75) is 12.3 Å². The predicted octanol–water partition coefficient (Wildman–Crippen LogP) is 13.5. The summed E-state index contributed by atoms with van der Waals surface area (Å²) in [4.78, 5) is 15.7. The molecule has 0 saturated carbocycles. The molecular weight excluding hydrogens is 671 g/mol. The lowest BCUT2D eigenvalue weighted by Crippen LogP contribution is -2.01. The Morgan fingerprint density at radius 1 is 0.455 bits per heavy atom. The van der Waals surface area contributed by atoms with Crippen molar-refractivity contribution in [1.82, 2.24) is 15.0 Å². The fourth-order valence-electron chi connectivity index (χ4n) is 8.23. The van der Waals surface area contributed by atoms with Crippen LogP contribution in [0.4, 0.5) is 0 Å². The van der Waals surface area contributed by atoms with Crippen LogP contribution in [0.2, 0.25) is 0 Å². The van der Waals surface area contributed by atoms with Crippen LogP contribution >= 0.6 is 0 Å². The number of rotatable bonds is 5. The highest BCUT2D eigenvalue weighted by molar-refractivity contribution is 6.17. The van der Waals surface area contributed by atoms with Gasteiger partial charge in [0.25, 0.3) is 0 Å². The van der Waals surface area contributed by atoms with Crippen molar-refractivity contribution < 1.29 is 4.42 Å². The van der Waals surface area contributed by atoms with Gasteiger partial charge in [-0.05, 0) is 80.2 Å². The number of benzene rings is 8. The van der Waals surface area contributed by atoms with Crippen LogP contribution in [0.25, 0.3) is 99.5 Å². The van der Waals surface area contributed by atoms with Gasteiger partial charge in [-0.2, -0.15) is 0 Å². The van der Waals surface area contributed by atoms with Crippen LogP contribution in [0.15, 0.2) is 186 Å². The molecule has 10 aromatic rings. The Morgan fingerprint density at radius 3 is 1.91 bits per heavy atom. The Hall–Kier alpha value is -7.17. The fourth-order valence-corrected chi connectivity index (χ4v) is 8.23. The summed E-state index contributed by atoms with van der Waals surface area (Å²) in [5.41, 5.74) is 7.89. The zero-order valence-electron chi connectivity index (χ0n) is 29.9. The van der Waals surface area contributed by atoms with Crippen LogP contribution in [0.3, 0.4) is 0 Å². The van der Waals surface area contributed by atoms with Gasteiger partial charge in [-0.1, -0.05) is 152 Å². The second kappa shape index (κ2) is 12.8. The molecule has 4 heteroatoms. The molecule has 1 aliphatic rings. The van der Waals surface area contributed by atoms with E-state index in [1.165, 1.54) is 27.1 Å². The molecule has 4 nitrogen and oxygen atoms in total. The second-order valence-electron chi connectivity index (χ2n) is 14.3. The highest BCUT2D eigenvalue weighted by atomic mass is 16.3. The van der Waals surface area contributed by atoms with Crippen LogP contribution in [0.5, 0.6) is 0 Å². The monoisotopic (exact) mass is 703 g/mol. The average molecular weight is 704 g/mol. The summed E-state index contributed by atoms with van der Waals surface area (Å²) in [6, 6.07) is 55.6. The maximum Gasteiger partial charge on any atom is 0.164 e. The Kier molecular flexibility index (Phi) is 7.27. The Bertz CT molecular complexity index is 3200. The molecule has 0 radical (unpaired) electrons. The van der Waals surface area contributed by atoms with Crippen LogP contribution in [-0.4, -0.2) is 15.0 Å². The number of aromatic nitrogens is 3. The van der Waals surface area contributed by atoms with Gasteiger partial charge in [0.1, 0.15) is 11.2 Å². The quantitative estimate of drug-likeness (QED) is 0.179. The van der Waals surface area contributed by atoms with E-state index in [4.69, 9.17) is 19.4 Å². The molecule has 2 aromatic heterocycles. The lowest BCUT2D eigenvalue weighted by atomic mass is 9.91. The van der Waals surface area contributed by atoms with E-state index >= 15 is 0 Å². The van der Waals surface area contributed by atoms with Gasteiger partial charge in [-0.3, -0.25) is 0 Å². The number of hydrogen-bond donors (Lipinski definition) is 0. The van der Waals surface area contributed by atoms with Gasteiger partial charge < -0.3 is 4.42 Å². The van der Waals surface area contributed by atoms with Gasteiger partial charge in [0.2, 0.25) is 0 Å². The van der Waals surface area contributed by atoms with Gasteiger partial charge >= 0.3 is 0 Å². The SMILES string of the molecule is C1=CCC(c2ccc3cc(-c4nc(-c5ccc6ccccc6c5)nc(-c5ccc(-c6cccc7ccccc67)c6oc7ccccc7c56)n4)ccc3c2)C=C1. The molecule has 1 aliphatic carbocycles. The molecule has 0 aliphatic heterocycles. The van der Waals surface area contributed by atoms with Crippen LogP contribution < -0.4 is 0 Å². The molecule has 258 valence electrons. The van der Waals surface area contributed by atoms with E-state index < -0.39 is 0 Å². The van der Waals surface area contributed by atoms with Crippen molar-refractivity contribution in [2.24, 2.45) is 0 Å². The van der Waals surface area contributed by atoms with Gasteiger partial charge in [-0.25, -0.2) is 15.0 Å². The molecule has 1 atom stereocenters. The summed E-state index contributed by atoms with van der Waals surface area (Å²) in [5, 5.41) is 9.02.